The summed E-state index contributed by atoms with van der Waals surface area (Å²) in [5.74, 6) is 0.421. The Morgan fingerprint density at radius 3 is 2.63 bits per heavy atom. The fourth-order valence-electron chi connectivity index (χ4n) is 2.84. The summed E-state index contributed by atoms with van der Waals surface area (Å²) < 4.78 is 0. The first kappa shape index (κ1) is 13.8. The molecular weight excluding hydrogens is 232 g/mol. The number of nitrogens with zero attached hydrogens (tertiary/aromatic N) is 1. The van der Waals surface area contributed by atoms with Crippen LogP contribution in [0, 0.1) is 6.92 Å². The Morgan fingerprint density at radius 2 is 1.84 bits per heavy atom. The van der Waals surface area contributed by atoms with Gasteiger partial charge in [-0.2, -0.15) is 0 Å². The molecule has 0 bridgehead atoms. The minimum absolute atomic E-state index is 0.421. The fraction of sp³-hybridized carbons (Fsp3) is 0.353. The van der Waals surface area contributed by atoms with Crippen molar-refractivity contribution in [1.29, 1.82) is 0 Å². The van der Waals surface area contributed by atoms with Gasteiger partial charge in [0, 0.05) is 12.1 Å². The summed E-state index contributed by atoms with van der Waals surface area (Å²) in [5, 5.41) is 0. The van der Waals surface area contributed by atoms with Crippen LogP contribution < -0.4 is 5.73 Å². The van der Waals surface area contributed by atoms with Crippen molar-refractivity contribution < 1.29 is 0 Å². The number of hydrogen-bond acceptors (Lipinski definition) is 2. The summed E-state index contributed by atoms with van der Waals surface area (Å²) in [6.45, 7) is 4.44. The zero-order valence-electron chi connectivity index (χ0n) is 12.0. The Bertz CT molecular complexity index is 561. The molecular formula is C17H22N2. The highest BCUT2D eigenvalue weighted by Gasteiger charge is 2.20. The van der Waals surface area contributed by atoms with Gasteiger partial charge in [-0.1, -0.05) is 36.8 Å². The monoisotopic (exact) mass is 254 g/mol. The second-order valence-corrected chi connectivity index (χ2v) is 4.97. The van der Waals surface area contributed by atoms with Crippen molar-refractivity contribution in [1.82, 2.24) is 4.98 Å². The summed E-state index contributed by atoms with van der Waals surface area (Å²) in [6.07, 6.45) is 4.17. The second kappa shape index (κ2) is 5.98. The summed E-state index contributed by atoms with van der Waals surface area (Å²) in [5.41, 5.74) is 11.5. The van der Waals surface area contributed by atoms with Crippen molar-refractivity contribution in [3.8, 4) is 0 Å². The third kappa shape index (κ3) is 2.69. The number of pyridine rings is 1. The van der Waals surface area contributed by atoms with Gasteiger partial charge < -0.3 is 5.73 Å². The van der Waals surface area contributed by atoms with Crippen molar-refractivity contribution in [3.63, 3.8) is 0 Å². The van der Waals surface area contributed by atoms with Crippen LogP contribution in [0.25, 0.3) is 0 Å². The van der Waals surface area contributed by atoms with E-state index in [1.165, 1.54) is 35.0 Å². The Labute approximate surface area is 115 Å². The minimum Gasteiger partial charge on any atom is -0.333 e. The summed E-state index contributed by atoms with van der Waals surface area (Å²) >= 11 is 0. The van der Waals surface area contributed by atoms with Crippen LogP contribution in [0.3, 0.4) is 0 Å². The molecule has 1 aromatic heterocycles. The molecule has 0 saturated heterocycles. The number of rotatable bonds is 0. The Balaban J connectivity index is 0.000000637. The number of benzene rings is 1. The molecule has 100 valence electrons. The van der Waals surface area contributed by atoms with E-state index in [4.69, 9.17) is 0 Å². The maximum Gasteiger partial charge on any atom is 0.0507 e. The third-order valence-corrected chi connectivity index (χ3v) is 3.76. The van der Waals surface area contributed by atoms with Gasteiger partial charge in [0.2, 0.25) is 0 Å². The van der Waals surface area contributed by atoms with Crippen LogP contribution in [0.2, 0.25) is 0 Å². The molecule has 2 aromatic rings. The minimum atomic E-state index is 0.421. The van der Waals surface area contributed by atoms with Crippen LogP contribution in [0.5, 0.6) is 0 Å². The Kier molecular flexibility index (Phi) is 4.33. The zero-order chi connectivity index (χ0) is 13.8. The predicted molar refractivity (Wildman–Crippen MR) is 80.5 cm³/mol. The lowest BCUT2D eigenvalue weighted by molar-refractivity contribution is 0.859. The second-order valence-electron chi connectivity index (χ2n) is 4.97. The van der Waals surface area contributed by atoms with Crippen LogP contribution in [-0.2, 0) is 12.8 Å². The van der Waals surface area contributed by atoms with Gasteiger partial charge in [0.25, 0.3) is 0 Å². The highest BCUT2D eigenvalue weighted by Crippen LogP contribution is 2.32. The van der Waals surface area contributed by atoms with Gasteiger partial charge in [-0.15, -0.1) is 0 Å². The van der Waals surface area contributed by atoms with Gasteiger partial charge in [-0.3, -0.25) is 4.98 Å². The molecule has 1 aliphatic carbocycles. The summed E-state index contributed by atoms with van der Waals surface area (Å²) in [6, 6.07) is 11.1. The van der Waals surface area contributed by atoms with E-state index in [0.29, 0.717) is 5.92 Å². The van der Waals surface area contributed by atoms with Gasteiger partial charge in [0.15, 0.2) is 0 Å². The van der Waals surface area contributed by atoms with E-state index in [2.05, 4.69) is 48.8 Å². The molecule has 0 fully saturated rings. The van der Waals surface area contributed by atoms with Gasteiger partial charge in [0.05, 0.1) is 5.69 Å². The third-order valence-electron chi connectivity index (χ3n) is 3.76. The molecule has 1 aliphatic rings. The van der Waals surface area contributed by atoms with Crippen molar-refractivity contribution >= 4 is 0 Å². The number of nitrogens with two attached hydrogens (primary N) is 1. The van der Waals surface area contributed by atoms with E-state index in [0.717, 1.165) is 12.8 Å². The van der Waals surface area contributed by atoms with Gasteiger partial charge >= 0.3 is 0 Å². The van der Waals surface area contributed by atoms with Crippen LogP contribution in [0.15, 0.2) is 36.5 Å². The van der Waals surface area contributed by atoms with Crippen molar-refractivity contribution in [3.05, 3.63) is 64.5 Å². The normalized spacial score (nSPS) is 16.5. The molecule has 19 heavy (non-hydrogen) atoms. The zero-order valence-corrected chi connectivity index (χ0v) is 12.0. The van der Waals surface area contributed by atoms with E-state index in [1.807, 2.05) is 12.3 Å². The number of aromatic nitrogens is 1. The van der Waals surface area contributed by atoms with E-state index < -0.39 is 0 Å². The summed E-state index contributed by atoms with van der Waals surface area (Å²) in [7, 11) is 1.50. The van der Waals surface area contributed by atoms with Gasteiger partial charge in [-0.05, 0) is 49.6 Å². The van der Waals surface area contributed by atoms with Crippen molar-refractivity contribution in [2.75, 3.05) is 7.05 Å². The van der Waals surface area contributed by atoms with E-state index in [9.17, 15) is 0 Å². The lowest BCUT2D eigenvalue weighted by atomic mass is 9.92. The first-order valence-electron chi connectivity index (χ1n) is 6.86. The quantitative estimate of drug-likeness (QED) is 0.784. The molecule has 3 rings (SSSR count). The van der Waals surface area contributed by atoms with E-state index in [1.54, 1.807) is 0 Å². The molecule has 1 atom stereocenters. The topological polar surface area (TPSA) is 38.9 Å². The average Bonchev–Trinajstić information content (AvgIpc) is 2.59. The van der Waals surface area contributed by atoms with Gasteiger partial charge in [-0.25, -0.2) is 0 Å². The maximum atomic E-state index is 4.58. The van der Waals surface area contributed by atoms with Crippen LogP contribution in [0.4, 0.5) is 0 Å². The SMILES string of the molecule is CN.Cc1ccc2c(c1)CCc1cccnc1[C@H]2C. The van der Waals surface area contributed by atoms with Gasteiger partial charge in [0.1, 0.15) is 0 Å². The van der Waals surface area contributed by atoms with E-state index in [-0.39, 0.29) is 0 Å². The molecule has 1 heterocycles. The first-order chi connectivity index (χ1) is 9.25. The standard InChI is InChI=1S/C16H17N.CH5N/c1-11-5-8-15-12(2)16-13(4-3-9-17-16)6-7-14(15)10-11;1-2/h3-5,8-10,12H,6-7H2,1-2H3;2H2,1H3/t12-;/m0./s1. The lowest BCUT2D eigenvalue weighted by Gasteiger charge is -2.14. The number of fused-ring (bicyclic) bond motifs is 2. The molecule has 1 aromatic carbocycles. The molecule has 0 spiro atoms. The molecule has 0 aliphatic heterocycles. The molecule has 2 N–H and O–H groups in total. The predicted octanol–water partition coefficient (Wildman–Crippen LogP) is 3.22. The summed E-state index contributed by atoms with van der Waals surface area (Å²) in [4.78, 5) is 4.58. The average molecular weight is 254 g/mol. The van der Waals surface area contributed by atoms with Crippen LogP contribution >= 0.6 is 0 Å². The largest absolute Gasteiger partial charge is 0.333 e. The highest BCUT2D eigenvalue weighted by atomic mass is 14.7. The molecule has 2 nitrogen and oxygen atoms in total. The molecule has 0 amide bonds. The highest BCUT2D eigenvalue weighted by molar-refractivity contribution is 5.42. The molecule has 0 saturated carbocycles. The lowest BCUT2D eigenvalue weighted by Crippen LogP contribution is -2.01. The molecule has 0 unspecified atom stereocenters. The van der Waals surface area contributed by atoms with Crippen molar-refractivity contribution in [2.45, 2.75) is 32.6 Å². The Hall–Kier alpha value is -1.67. The number of hydrogen-bond donors (Lipinski definition) is 1. The Morgan fingerprint density at radius 1 is 1.11 bits per heavy atom. The van der Waals surface area contributed by atoms with Crippen LogP contribution in [-0.4, -0.2) is 12.0 Å². The van der Waals surface area contributed by atoms with Crippen molar-refractivity contribution in [2.24, 2.45) is 5.73 Å². The maximum absolute atomic E-state index is 4.58. The molecule has 2 heteroatoms. The van der Waals surface area contributed by atoms with E-state index >= 15 is 0 Å². The smallest absolute Gasteiger partial charge is 0.0507 e. The van der Waals surface area contributed by atoms with Crippen LogP contribution in [0.1, 0.15) is 40.8 Å². The molecule has 0 radical (unpaired) electrons. The first-order valence-corrected chi connectivity index (χ1v) is 6.86. The fourth-order valence-corrected chi connectivity index (χ4v) is 2.84. The number of aryl methyl sites for hydroxylation is 3.